The van der Waals surface area contributed by atoms with E-state index < -0.39 is 5.97 Å². The summed E-state index contributed by atoms with van der Waals surface area (Å²) >= 11 is 3.38. The van der Waals surface area contributed by atoms with E-state index in [0.717, 1.165) is 10.2 Å². The Balaban J connectivity index is 2.29. The maximum absolute atomic E-state index is 11.5. The zero-order valence-corrected chi connectivity index (χ0v) is 11.8. The lowest BCUT2D eigenvalue weighted by molar-refractivity contribution is 0.0602. The van der Waals surface area contributed by atoms with Gasteiger partial charge in [0.15, 0.2) is 0 Å². The van der Waals surface area contributed by atoms with Crippen LogP contribution in [-0.4, -0.2) is 18.1 Å². The molecule has 0 bridgehead atoms. The fourth-order valence-corrected chi connectivity index (χ4v) is 1.93. The number of benzene rings is 1. The maximum Gasteiger partial charge on any atom is 0.340 e. The number of pyridine rings is 1. The molecule has 0 unspecified atom stereocenters. The first-order chi connectivity index (χ1) is 9.10. The first kappa shape index (κ1) is 13.4. The Morgan fingerprint density at radius 1 is 1.42 bits per heavy atom. The second-order valence-electron chi connectivity index (χ2n) is 3.78. The molecule has 1 aromatic carbocycles. The topological polar surface area (TPSA) is 77.2 Å². The van der Waals surface area contributed by atoms with Crippen LogP contribution in [0.2, 0.25) is 0 Å². The molecule has 0 fully saturated rings. The minimum Gasteiger partial charge on any atom is -0.465 e. The number of anilines is 3. The molecule has 1 heterocycles. The zero-order valence-electron chi connectivity index (χ0n) is 10.2. The summed E-state index contributed by atoms with van der Waals surface area (Å²) < 4.78 is 5.60. The van der Waals surface area contributed by atoms with Gasteiger partial charge in [0.2, 0.25) is 0 Å². The van der Waals surface area contributed by atoms with Crippen molar-refractivity contribution < 1.29 is 9.53 Å². The molecule has 5 nitrogen and oxygen atoms in total. The van der Waals surface area contributed by atoms with E-state index in [1.165, 1.54) is 13.3 Å². The number of nitrogens with two attached hydrogens (primary N) is 1. The van der Waals surface area contributed by atoms with Gasteiger partial charge in [-0.25, -0.2) is 9.78 Å². The molecule has 6 heteroatoms. The van der Waals surface area contributed by atoms with Crippen LogP contribution in [0.3, 0.4) is 0 Å². The monoisotopic (exact) mass is 321 g/mol. The molecule has 0 saturated heterocycles. The second-order valence-corrected chi connectivity index (χ2v) is 4.70. The number of nitrogens with one attached hydrogen (secondary N) is 1. The highest BCUT2D eigenvalue weighted by Gasteiger charge is 2.11. The Kier molecular flexibility index (Phi) is 4.01. The van der Waals surface area contributed by atoms with Crippen molar-refractivity contribution >= 4 is 39.1 Å². The van der Waals surface area contributed by atoms with Gasteiger partial charge in [-0.1, -0.05) is 22.0 Å². The third-order valence-electron chi connectivity index (χ3n) is 2.44. The Bertz CT molecular complexity index is 617. The molecule has 0 spiro atoms. The fraction of sp³-hybridized carbons (Fsp3) is 0.0769. The van der Waals surface area contributed by atoms with E-state index in [9.17, 15) is 4.79 Å². The molecule has 0 amide bonds. The summed E-state index contributed by atoms with van der Waals surface area (Å²) in [6.45, 7) is 0. The number of carbonyl (C=O) groups excluding carboxylic acids is 1. The van der Waals surface area contributed by atoms with E-state index in [1.54, 1.807) is 6.07 Å². The van der Waals surface area contributed by atoms with Gasteiger partial charge in [0.05, 0.1) is 24.6 Å². The summed E-state index contributed by atoms with van der Waals surface area (Å²) in [5.41, 5.74) is 7.11. The summed E-state index contributed by atoms with van der Waals surface area (Å²) in [4.78, 5) is 15.6. The molecular weight excluding hydrogens is 310 g/mol. The lowest BCUT2D eigenvalue weighted by Crippen LogP contribution is -2.07. The average Bonchev–Trinajstić information content (AvgIpc) is 2.40. The Hall–Kier alpha value is -2.08. The van der Waals surface area contributed by atoms with Crippen LogP contribution in [0, 0.1) is 0 Å². The van der Waals surface area contributed by atoms with Gasteiger partial charge in [-0.15, -0.1) is 0 Å². The smallest absolute Gasteiger partial charge is 0.340 e. The van der Waals surface area contributed by atoms with Crippen LogP contribution in [0.4, 0.5) is 17.2 Å². The van der Waals surface area contributed by atoms with Crippen LogP contribution in [0.25, 0.3) is 0 Å². The second kappa shape index (κ2) is 5.71. The number of hydrogen-bond donors (Lipinski definition) is 2. The largest absolute Gasteiger partial charge is 0.465 e. The Morgan fingerprint density at radius 2 is 2.21 bits per heavy atom. The molecule has 2 rings (SSSR count). The minimum absolute atomic E-state index is 0.284. The molecule has 0 aliphatic heterocycles. The van der Waals surface area contributed by atoms with Gasteiger partial charge in [-0.3, -0.25) is 0 Å². The minimum atomic E-state index is -0.489. The van der Waals surface area contributed by atoms with Gasteiger partial charge in [0.1, 0.15) is 5.82 Å². The molecule has 1 aromatic heterocycles. The molecular formula is C13H12BrN3O2. The van der Waals surface area contributed by atoms with E-state index in [-0.39, 0.29) is 11.3 Å². The van der Waals surface area contributed by atoms with Gasteiger partial charge in [-0.2, -0.15) is 0 Å². The summed E-state index contributed by atoms with van der Waals surface area (Å²) in [7, 11) is 1.31. The molecule has 0 saturated carbocycles. The third-order valence-corrected chi connectivity index (χ3v) is 2.93. The molecule has 19 heavy (non-hydrogen) atoms. The van der Waals surface area contributed by atoms with Crippen molar-refractivity contribution in [2.75, 3.05) is 18.2 Å². The number of nitrogens with zero attached hydrogens (tertiary/aromatic N) is 1. The van der Waals surface area contributed by atoms with Crippen molar-refractivity contribution in [3.05, 3.63) is 46.6 Å². The van der Waals surface area contributed by atoms with E-state index in [4.69, 9.17) is 5.73 Å². The standard InChI is InChI=1S/C13H12BrN3O2/c1-19-13(18)10-6-12(16-7-11(10)15)17-9-4-2-3-8(14)5-9/h2-7H,15H2,1H3,(H,16,17). The van der Waals surface area contributed by atoms with Gasteiger partial charge >= 0.3 is 5.97 Å². The summed E-state index contributed by atoms with van der Waals surface area (Å²) in [6.07, 6.45) is 1.42. The van der Waals surface area contributed by atoms with E-state index in [1.807, 2.05) is 24.3 Å². The van der Waals surface area contributed by atoms with Crippen molar-refractivity contribution in [3.8, 4) is 0 Å². The molecule has 2 aromatic rings. The first-order valence-electron chi connectivity index (χ1n) is 5.46. The molecule has 0 aliphatic carbocycles. The quantitative estimate of drug-likeness (QED) is 0.850. The van der Waals surface area contributed by atoms with Gasteiger partial charge < -0.3 is 15.8 Å². The number of esters is 1. The number of aromatic nitrogens is 1. The maximum atomic E-state index is 11.5. The normalized spacial score (nSPS) is 10.0. The van der Waals surface area contributed by atoms with Crippen LogP contribution in [0.15, 0.2) is 41.0 Å². The Labute approximate surface area is 118 Å². The van der Waals surface area contributed by atoms with Crippen LogP contribution < -0.4 is 11.1 Å². The van der Waals surface area contributed by atoms with Crippen LogP contribution in [-0.2, 0) is 4.74 Å². The predicted molar refractivity (Wildman–Crippen MR) is 77.4 cm³/mol. The molecule has 98 valence electrons. The average molecular weight is 322 g/mol. The van der Waals surface area contributed by atoms with Gasteiger partial charge in [0, 0.05) is 10.2 Å². The number of ether oxygens (including phenoxy) is 1. The first-order valence-corrected chi connectivity index (χ1v) is 6.26. The van der Waals surface area contributed by atoms with Crippen LogP contribution in [0.5, 0.6) is 0 Å². The lowest BCUT2D eigenvalue weighted by atomic mass is 10.2. The van der Waals surface area contributed by atoms with E-state index in [0.29, 0.717) is 5.82 Å². The number of carbonyl (C=O) groups is 1. The van der Waals surface area contributed by atoms with Gasteiger partial charge in [0.25, 0.3) is 0 Å². The van der Waals surface area contributed by atoms with Crippen molar-refractivity contribution in [1.29, 1.82) is 0 Å². The lowest BCUT2D eigenvalue weighted by Gasteiger charge is -2.09. The fourth-order valence-electron chi connectivity index (χ4n) is 1.54. The number of methoxy groups -OCH3 is 1. The summed E-state index contributed by atoms with van der Waals surface area (Å²) in [5.74, 6) is 0.0323. The van der Waals surface area contributed by atoms with Crippen molar-refractivity contribution in [2.24, 2.45) is 0 Å². The summed E-state index contributed by atoms with van der Waals surface area (Å²) in [6, 6.07) is 9.16. The zero-order chi connectivity index (χ0) is 13.8. The Morgan fingerprint density at radius 3 is 2.89 bits per heavy atom. The highest BCUT2D eigenvalue weighted by atomic mass is 79.9. The van der Waals surface area contributed by atoms with Crippen LogP contribution >= 0.6 is 15.9 Å². The van der Waals surface area contributed by atoms with E-state index >= 15 is 0 Å². The highest BCUT2D eigenvalue weighted by molar-refractivity contribution is 9.10. The molecule has 0 atom stereocenters. The SMILES string of the molecule is COC(=O)c1cc(Nc2cccc(Br)c2)ncc1N. The van der Waals surface area contributed by atoms with Crippen molar-refractivity contribution in [1.82, 2.24) is 4.98 Å². The third kappa shape index (κ3) is 3.23. The summed E-state index contributed by atoms with van der Waals surface area (Å²) in [5, 5.41) is 3.09. The molecule has 3 N–H and O–H groups in total. The molecule has 0 radical (unpaired) electrons. The number of rotatable bonds is 3. The molecule has 0 aliphatic rings. The number of hydrogen-bond acceptors (Lipinski definition) is 5. The predicted octanol–water partition coefficient (Wildman–Crippen LogP) is 2.96. The van der Waals surface area contributed by atoms with E-state index in [2.05, 4.69) is 31.0 Å². The highest BCUT2D eigenvalue weighted by Crippen LogP contribution is 2.21. The van der Waals surface area contributed by atoms with Crippen molar-refractivity contribution in [3.63, 3.8) is 0 Å². The van der Waals surface area contributed by atoms with Gasteiger partial charge in [-0.05, 0) is 24.3 Å². The number of halogens is 1. The van der Waals surface area contributed by atoms with Crippen molar-refractivity contribution in [2.45, 2.75) is 0 Å². The van der Waals surface area contributed by atoms with Crippen LogP contribution in [0.1, 0.15) is 10.4 Å². The number of nitrogen functional groups attached to an aromatic ring is 1.